The van der Waals surface area contributed by atoms with E-state index in [1.165, 1.54) is 0 Å². The highest BCUT2D eigenvalue weighted by atomic mass is 79.9. The van der Waals surface area contributed by atoms with Crippen LogP contribution in [0.25, 0.3) is 16.3 Å². The Labute approximate surface area is 131 Å². The number of hydrogen-bond donors (Lipinski definition) is 1. The van der Waals surface area contributed by atoms with E-state index in [1.54, 1.807) is 16.0 Å². The van der Waals surface area contributed by atoms with Crippen molar-refractivity contribution < 1.29 is 0 Å². The number of nitrogens with zero attached hydrogens (tertiary/aromatic N) is 2. The second kappa shape index (κ2) is 5.11. The Bertz CT molecular complexity index is 733. The van der Waals surface area contributed by atoms with Gasteiger partial charge in [0.25, 0.3) is 0 Å². The molecule has 1 aromatic carbocycles. The highest BCUT2D eigenvalue weighted by Gasteiger charge is 2.11. The first-order valence-electron chi connectivity index (χ1n) is 5.50. The van der Waals surface area contributed by atoms with Gasteiger partial charge in [-0.15, -0.1) is 11.3 Å². The monoisotopic (exact) mass is 397 g/mol. The lowest BCUT2D eigenvalue weighted by Crippen LogP contribution is -1.94. The predicted molar refractivity (Wildman–Crippen MR) is 86.7 cm³/mol. The quantitative estimate of drug-likeness (QED) is 0.679. The number of nitrogens with two attached hydrogens (primary N) is 1. The molecule has 3 aromatic rings. The number of rotatable bonds is 2. The molecule has 0 aliphatic rings. The molecule has 2 N–H and O–H groups in total. The van der Waals surface area contributed by atoms with E-state index in [1.807, 2.05) is 42.6 Å². The second-order valence-electron chi connectivity index (χ2n) is 3.96. The Morgan fingerprint density at radius 2 is 2.00 bits per heavy atom. The van der Waals surface area contributed by atoms with Gasteiger partial charge in [-0.25, -0.2) is 4.68 Å². The summed E-state index contributed by atoms with van der Waals surface area (Å²) >= 11 is 8.53. The fourth-order valence-electron chi connectivity index (χ4n) is 1.77. The van der Waals surface area contributed by atoms with Gasteiger partial charge in [0.1, 0.15) is 5.69 Å². The lowest BCUT2D eigenvalue weighted by molar-refractivity contribution is 0.884. The normalized spacial score (nSPS) is 10.8. The van der Waals surface area contributed by atoms with E-state index in [0.29, 0.717) is 5.69 Å². The van der Waals surface area contributed by atoms with Crippen LogP contribution in [0.1, 0.15) is 0 Å². The molecule has 6 heteroatoms. The van der Waals surface area contributed by atoms with Crippen LogP contribution in [0.15, 0.2) is 50.9 Å². The summed E-state index contributed by atoms with van der Waals surface area (Å²) in [7, 11) is 0. The fraction of sp³-hybridized carbons (Fsp3) is 0. The molecule has 2 heterocycles. The Kier molecular flexibility index (Phi) is 3.47. The van der Waals surface area contributed by atoms with Gasteiger partial charge in [-0.05, 0) is 46.3 Å². The van der Waals surface area contributed by atoms with Gasteiger partial charge >= 0.3 is 0 Å². The summed E-state index contributed by atoms with van der Waals surface area (Å²) in [6.07, 6.45) is 1.84. The SMILES string of the molecule is Nc1cn(-c2cccc(Br)c2)nc1-c1ccc(Br)s1. The second-order valence-corrected chi connectivity index (χ2v) is 7.34. The van der Waals surface area contributed by atoms with E-state index >= 15 is 0 Å². The maximum Gasteiger partial charge on any atom is 0.126 e. The van der Waals surface area contributed by atoms with E-state index < -0.39 is 0 Å². The lowest BCUT2D eigenvalue weighted by Gasteiger charge is -2.00. The molecule has 96 valence electrons. The van der Waals surface area contributed by atoms with Crippen LogP contribution >= 0.6 is 43.2 Å². The summed E-state index contributed by atoms with van der Waals surface area (Å²) in [5, 5.41) is 4.57. The van der Waals surface area contributed by atoms with Crippen molar-refractivity contribution in [2.24, 2.45) is 0 Å². The van der Waals surface area contributed by atoms with Gasteiger partial charge in [-0.3, -0.25) is 0 Å². The molecule has 0 saturated heterocycles. The topological polar surface area (TPSA) is 43.8 Å². The molecular weight excluding hydrogens is 390 g/mol. The molecule has 0 radical (unpaired) electrons. The van der Waals surface area contributed by atoms with Gasteiger partial charge in [0.05, 0.1) is 26.2 Å². The molecule has 0 unspecified atom stereocenters. The van der Waals surface area contributed by atoms with Crippen LogP contribution in [0, 0.1) is 0 Å². The minimum atomic E-state index is 0.675. The van der Waals surface area contributed by atoms with Crippen molar-refractivity contribution in [2.75, 3.05) is 5.73 Å². The number of nitrogen functional groups attached to an aromatic ring is 1. The van der Waals surface area contributed by atoms with Crippen molar-refractivity contribution in [3.63, 3.8) is 0 Å². The molecule has 0 fully saturated rings. The summed E-state index contributed by atoms with van der Waals surface area (Å²) in [6, 6.07) is 12.0. The molecular formula is C13H9Br2N3S. The number of anilines is 1. The van der Waals surface area contributed by atoms with Crippen molar-refractivity contribution in [1.29, 1.82) is 0 Å². The zero-order chi connectivity index (χ0) is 13.4. The maximum absolute atomic E-state index is 6.05. The summed E-state index contributed by atoms with van der Waals surface area (Å²) in [5.41, 5.74) is 8.52. The summed E-state index contributed by atoms with van der Waals surface area (Å²) < 4.78 is 3.88. The lowest BCUT2D eigenvalue weighted by atomic mass is 10.3. The average Bonchev–Trinajstić information content (AvgIpc) is 2.95. The number of halogens is 2. The molecule has 3 rings (SSSR count). The van der Waals surface area contributed by atoms with Crippen LogP contribution < -0.4 is 5.73 Å². The fourth-order valence-corrected chi connectivity index (χ4v) is 3.55. The van der Waals surface area contributed by atoms with Gasteiger partial charge in [0, 0.05) is 4.47 Å². The first-order valence-corrected chi connectivity index (χ1v) is 7.90. The van der Waals surface area contributed by atoms with Crippen LogP contribution in [0.5, 0.6) is 0 Å². The van der Waals surface area contributed by atoms with Gasteiger partial charge in [0.2, 0.25) is 0 Å². The predicted octanol–water partition coefficient (Wildman–Crippen LogP) is 4.71. The van der Waals surface area contributed by atoms with Gasteiger partial charge in [0.15, 0.2) is 0 Å². The smallest absolute Gasteiger partial charge is 0.126 e. The summed E-state index contributed by atoms with van der Waals surface area (Å²) in [6.45, 7) is 0. The number of thiophene rings is 1. The Morgan fingerprint density at radius 3 is 2.68 bits per heavy atom. The molecule has 0 aliphatic heterocycles. The van der Waals surface area contributed by atoms with Gasteiger partial charge < -0.3 is 5.73 Å². The Hall–Kier alpha value is -1.11. The van der Waals surface area contributed by atoms with E-state index in [-0.39, 0.29) is 0 Å². The maximum atomic E-state index is 6.05. The molecule has 0 spiro atoms. The van der Waals surface area contributed by atoms with Crippen LogP contribution in [0.4, 0.5) is 5.69 Å². The highest BCUT2D eigenvalue weighted by molar-refractivity contribution is 9.11. The third-order valence-corrected chi connectivity index (χ3v) is 4.75. The van der Waals surface area contributed by atoms with Crippen LogP contribution in [0.3, 0.4) is 0 Å². The zero-order valence-electron chi connectivity index (χ0n) is 9.68. The molecule has 0 amide bonds. The van der Waals surface area contributed by atoms with Crippen molar-refractivity contribution in [1.82, 2.24) is 9.78 Å². The van der Waals surface area contributed by atoms with Gasteiger partial charge in [-0.1, -0.05) is 22.0 Å². The van der Waals surface area contributed by atoms with Crippen molar-refractivity contribution >= 4 is 48.9 Å². The standard InChI is InChI=1S/C13H9Br2N3S/c14-8-2-1-3-9(6-8)18-7-10(16)13(17-18)11-4-5-12(15)19-11/h1-7H,16H2. The van der Waals surface area contributed by atoms with Gasteiger partial charge in [-0.2, -0.15) is 5.10 Å². The Morgan fingerprint density at radius 1 is 1.16 bits per heavy atom. The first-order chi connectivity index (χ1) is 9.13. The Balaban J connectivity index is 2.06. The molecule has 19 heavy (non-hydrogen) atoms. The first kappa shape index (κ1) is 12.9. The zero-order valence-corrected chi connectivity index (χ0v) is 13.7. The van der Waals surface area contributed by atoms with E-state index in [2.05, 4.69) is 37.0 Å². The number of benzene rings is 1. The van der Waals surface area contributed by atoms with Crippen LogP contribution in [-0.4, -0.2) is 9.78 Å². The number of hydrogen-bond acceptors (Lipinski definition) is 3. The van der Waals surface area contributed by atoms with Crippen LogP contribution in [-0.2, 0) is 0 Å². The van der Waals surface area contributed by atoms with Crippen molar-refractivity contribution in [2.45, 2.75) is 0 Å². The molecule has 0 bridgehead atoms. The minimum absolute atomic E-state index is 0.675. The molecule has 3 nitrogen and oxygen atoms in total. The highest BCUT2D eigenvalue weighted by Crippen LogP contribution is 2.34. The number of aromatic nitrogens is 2. The van der Waals surface area contributed by atoms with Crippen LogP contribution in [0.2, 0.25) is 0 Å². The largest absolute Gasteiger partial charge is 0.396 e. The van der Waals surface area contributed by atoms with E-state index in [4.69, 9.17) is 5.73 Å². The van der Waals surface area contributed by atoms with E-state index in [9.17, 15) is 0 Å². The molecule has 2 aromatic heterocycles. The van der Waals surface area contributed by atoms with E-state index in [0.717, 1.165) is 24.5 Å². The molecule has 0 aliphatic carbocycles. The third kappa shape index (κ3) is 2.61. The molecule has 0 saturated carbocycles. The van der Waals surface area contributed by atoms with Crippen molar-refractivity contribution in [3.8, 4) is 16.3 Å². The summed E-state index contributed by atoms with van der Waals surface area (Å²) in [5.74, 6) is 0. The third-order valence-electron chi connectivity index (χ3n) is 2.62. The average molecular weight is 399 g/mol. The summed E-state index contributed by atoms with van der Waals surface area (Å²) in [4.78, 5) is 1.05. The minimum Gasteiger partial charge on any atom is -0.396 e. The van der Waals surface area contributed by atoms with Crippen molar-refractivity contribution in [3.05, 3.63) is 50.9 Å². The molecule has 0 atom stereocenters.